The minimum absolute atomic E-state index is 0.156. The van der Waals surface area contributed by atoms with E-state index in [1.807, 2.05) is 38.1 Å². The van der Waals surface area contributed by atoms with Gasteiger partial charge in [-0.1, -0.05) is 36.0 Å². The molecule has 34 heavy (non-hydrogen) atoms. The summed E-state index contributed by atoms with van der Waals surface area (Å²) in [7, 11) is 0. The normalized spacial score (nSPS) is 12.8. The van der Waals surface area contributed by atoms with E-state index in [4.69, 9.17) is 4.74 Å². The third-order valence-electron chi connectivity index (χ3n) is 5.38. The highest BCUT2D eigenvalue weighted by Crippen LogP contribution is 2.42. The summed E-state index contributed by atoms with van der Waals surface area (Å²) in [5.74, 6) is -0.754. The highest BCUT2D eigenvalue weighted by molar-refractivity contribution is 7.99. The van der Waals surface area contributed by atoms with Crippen molar-refractivity contribution in [3.05, 3.63) is 89.2 Å². The summed E-state index contributed by atoms with van der Waals surface area (Å²) in [6, 6.07) is 19.0. The zero-order valence-corrected chi connectivity index (χ0v) is 20.0. The van der Waals surface area contributed by atoms with Crippen molar-refractivity contribution in [2.45, 2.75) is 42.7 Å². The van der Waals surface area contributed by atoms with E-state index in [1.54, 1.807) is 35.2 Å². The van der Waals surface area contributed by atoms with E-state index in [0.29, 0.717) is 42.0 Å². The number of carbonyl (C=O) groups excluding carboxylic acids is 2. The average molecular weight is 479 g/mol. The Labute approximate surface area is 203 Å². The smallest absolute Gasteiger partial charge is 0.259 e. The maximum absolute atomic E-state index is 13.9. The number of amides is 2. The van der Waals surface area contributed by atoms with Gasteiger partial charge in [0.2, 0.25) is 0 Å². The lowest BCUT2D eigenvalue weighted by Crippen LogP contribution is -2.31. The van der Waals surface area contributed by atoms with Crippen molar-refractivity contribution < 1.29 is 18.7 Å². The molecule has 0 spiro atoms. The van der Waals surface area contributed by atoms with Gasteiger partial charge in [0, 0.05) is 28.5 Å². The Morgan fingerprint density at radius 2 is 1.88 bits per heavy atom. The number of fused-ring (bicyclic) bond motifs is 2. The number of rotatable bonds is 8. The van der Waals surface area contributed by atoms with E-state index >= 15 is 0 Å². The monoisotopic (exact) mass is 478 g/mol. The average Bonchev–Trinajstić information content (AvgIpc) is 2.93. The van der Waals surface area contributed by atoms with Crippen LogP contribution in [0.15, 0.2) is 76.5 Å². The number of hydrogen-bond acceptors (Lipinski definition) is 4. The molecule has 0 saturated heterocycles. The molecule has 0 aromatic heterocycles. The Balaban J connectivity index is 1.62. The fourth-order valence-corrected chi connectivity index (χ4v) is 4.79. The first-order valence-electron chi connectivity index (χ1n) is 11.3. The molecule has 4 rings (SSSR count). The van der Waals surface area contributed by atoms with E-state index in [-0.39, 0.29) is 30.3 Å². The molecular weight excluding hydrogens is 451 g/mol. The van der Waals surface area contributed by atoms with E-state index in [2.05, 4.69) is 5.32 Å². The van der Waals surface area contributed by atoms with Gasteiger partial charge in [0.25, 0.3) is 11.8 Å². The van der Waals surface area contributed by atoms with E-state index < -0.39 is 0 Å². The number of carbonyl (C=O) groups is 2. The highest BCUT2D eigenvalue weighted by Gasteiger charge is 2.28. The van der Waals surface area contributed by atoms with Crippen LogP contribution in [0.5, 0.6) is 0 Å². The van der Waals surface area contributed by atoms with Crippen molar-refractivity contribution in [2.75, 3.05) is 18.1 Å². The lowest BCUT2D eigenvalue weighted by Gasteiger charge is -2.24. The van der Waals surface area contributed by atoms with Gasteiger partial charge in [-0.05, 0) is 68.3 Å². The summed E-state index contributed by atoms with van der Waals surface area (Å²) < 4.78 is 19.4. The second kappa shape index (κ2) is 10.8. The second-order valence-corrected chi connectivity index (χ2v) is 9.41. The topological polar surface area (TPSA) is 58.6 Å². The predicted octanol–water partition coefficient (Wildman–Crippen LogP) is 5.68. The number of nitrogens with zero attached hydrogens (tertiary/aromatic N) is 1. The fraction of sp³-hybridized carbons (Fsp3) is 0.259. The summed E-state index contributed by atoms with van der Waals surface area (Å²) in [6.07, 6.45) is 0.869. The lowest BCUT2D eigenvalue weighted by molar-refractivity contribution is 0.0757. The van der Waals surface area contributed by atoms with Crippen LogP contribution in [0.4, 0.5) is 10.1 Å². The maximum atomic E-state index is 13.9. The Hall–Kier alpha value is -3.16. The predicted molar refractivity (Wildman–Crippen MR) is 132 cm³/mol. The number of halogens is 1. The van der Waals surface area contributed by atoms with Crippen molar-refractivity contribution in [1.29, 1.82) is 0 Å². The van der Waals surface area contributed by atoms with Gasteiger partial charge in [0.1, 0.15) is 5.82 Å². The number of nitrogens with one attached hydrogen (secondary N) is 1. The molecule has 0 radical (unpaired) electrons. The van der Waals surface area contributed by atoms with Crippen LogP contribution in [0.25, 0.3) is 0 Å². The summed E-state index contributed by atoms with van der Waals surface area (Å²) in [5.41, 5.74) is 2.35. The van der Waals surface area contributed by atoms with Crippen LogP contribution in [-0.2, 0) is 11.3 Å². The van der Waals surface area contributed by atoms with Crippen LogP contribution < -0.4 is 10.2 Å². The molecule has 0 atom stereocenters. The van der Waals surface area contributed by atoms with E-state index in [9.17, 15) is 14.0 Å². The molecule has 176 valence electrons. The maximum Gasteiger partial charge on any atom is 0.259 e. The van der Waals surface area contributed by atoms with Crippen LogP contribution in [0, 0.1) is 5.82 Å². The number of ether oxygens (including phenoxy) is 1. The molecule has 1 aliphatic rings. The van der Waals surface area contributed by atoms with Crippen LogP contribution >= 0.6 is 11.8 Å². The van der Waals surface area contributed by atoms with Gasteiger partial charge in [-0.25, -0.2) is 4.39 Å². The molecule has 1 aliphatic heterocycles. The molecule has 0 saturated carbocycles. The first-order chi connectivity index (χ1) is 16.4. The Morgan fingerprint density at radius 1 is 1.06 bits per heavy atom. The van der Waals surface area contributed by atoms with Crippen LogP contribution in [0.3, 0.4) is 0 Å². The zero-order chi connectivity index (χ0) is 24.1. The number of hydrogen-bond donors (Lipinski definition) is 1. The molecular formula is C27H27FN2O3S. The van der Waals surface area contributed by atoms with E-state index in [1.165, 1.54) is 23.9 Å². The molecule has 2 amide bonds. The third-order valence-corrected chi connectivity index (χ3v) is 6.52. The van der Waals surface area contributed by atoms with Gasteiger partial charge < -0.3 is 15.0 Å². The molecule has 0 bridgehead atoms. The number of anilines is 1. The van der Waals surface area contributed by atoms with Gasteiger partial charge in [0.15, 0.2) is 0 Å². The highest BCUT2D eigenvalue weighted by atomic mass is 32.2. The summed E-state index contributed by atoms with van der Waals surface area (Å²) in [5, 5.41) is 2.92. The van der Waals surface area contributed by atoms with Crippen molar-refractivity contribution >= 4 is 29.3 Å². The molecule has 3 aromatic rings. The second-order valence-electron chi connectivity index (χ2n) is 8.33. The fourth-order valence-electron chi connectivity index (χ4n) is 3.73. The lowest BCUT2D eigenvalue weighted by atomic mass is 10.1. The van der Waals surface area contributed by atoms with Crippen LogP contribution in [0.2, 0.25) is 0 Å². The van der Waals surface area contributed by atoms with Crippen LogP contribution in [-0.4, -0.2) is 31.1 Å². The molecule has 3 aromatic carbocycles. The van der Waals surface area contributed by atoms with Crippen molar-refractivity contribution in [3.63, 3.8) is 0 Å². The van der Waals surface area contributed by atoms with E-state index in [0.717, 1.165) is 9.79 Å². The minimum atomic E-state index is -0.357. The van der Waals surface area contributed by atoms with Gasteiger partial charge in [0.05, 0.1) is 23.9 Å². The van der Waals surface area contributed by atoms with Crippen molar-refractivity contribution in [3.8, 4) is 0 Å². The quantitative estimate of drug-likeness (QED) is 0.423. The Bertz CT molecular complexity index is 1200. The molecule has 0 aliphatic carbocycles. The van der Waals surface area contributed by atoms with Crippen molar-refractivity contribution in [1.82, 2.24) is 5.32 Å². The third kappa shape index (κ3) is 5.66. The first-order valence-corrected chi connectivity index (χ1v) is 12.1. The molecule has 5 nitrogen and oxygen atoms in total. The minimum Gasteiger partial charge on any atom is -0.379 e. The van der Waals surface area contributed by atoms with Crippen molar-refractivity contribution in [2.24, 2.45) is 0 Å². The standard InChI is InChI=1S/C27H27FN2O3S/c1-18(2)33-14-6-13-29-26(31)20-11-12-25-23(16-20)30(17-19-7-5-8-21(28)15-19)27(32)22-9-3-4-10-24(22)34-25/h3-5,7-12,15-16,18H,6,13-14,17H2,1-2H3,(H,29,31). The largest absolute Gasteiger partial charge is 0.379 e. The molecule has 0 unspecified atom stereocenters. The number of benzene rings is 3. The summed E-state index contributed by atoms with van der Waals surface area (Å²) in [4.78, 5) is 29.7. The van der Waals surface area contributed by atoms with Gasteiger partial charge in [-0.3, -0.25) is 9.59 Å². The van der Waals surface area contributed by atoms with Gasteiger partial charge in [-0.2, -0.15) is 0 Å². The first kappa shape index (κ1) is 24.0. The zero-order valence-electron chi connectivity index (χ0n) is 19.2. The summed E-state index contributed by atoms with van der Waals surface area (Å²) >= 11 is 1.49. The van der Waals surface area contributed by atoms with Gasteiger partial charge >= 0.3 is 0 Å². The molecule has 7 heteroatoms. The molecule has 1 N–H and O–H groups in total. The Morgan fingerprint density at radius 3 is 2.68 bits per heavy atom. The van der Waals surface area contributed by atoms with Gasteiger partial charge in [-0.15, -0.1) is 0 Å². The molecule has 1 heterocycles. The SMILES string of the molecule is CC(C)OCCCNC(=O)c1ccc2c(c1)N(Cc1cccc(F)c1)C(=O)c1ccccc1S2. The summed E-state index contributed by atoms with van der Waals surface area (Å²) in [6.45, 7) is 5.21. The molecule has 0 fully saturated rings. The van der Waals surface area contributed by atoms with Crippen LogP contribution in [0.1, 0.15) is 46.5 Å². The Kier molecular flexibility index (Phi) is 7.65.